The standard InChI is InChI=1S/C7H10N2O3/c1-5(10)8-3-2-6-4-7(11)9-12-6/h4H,2-3H2,1H3,(H,8,10)(H,9,11). The quantitative estimate of drug-likeness (QED) is 0.672. The van der Waals surface area contributed by atoms with Gasteiger partial charge in [-0.05, 0) is 5.16 Å². The van der Waals surface area contributed by atoms with Gasteiger partial charge in [0.2, 0.25) is 5.91 Å². The average molecular weight is 170 g/mol. The van der Waals surface area contributed by atoms with E-state index >= 15 is 0 Å². The zero-order valence-electron chi connectivity index (χ0n) is 6.70. The molecule has 5 nitrogen and oxygen atoms in total. The van der Waals surface area contributed by atoms with Crippen molar-refractivity contribution in [3.8, 4) is 5.88 Å². The largest absolute Gasteiger partial charge is 0.491 e. The fourth-order valence-electron chi connectivity index (χ4n) is 0.782. The molecule has 1 rings (SSSR count). The van der Waals surface area contributed by atoms with Gasteiger partial charge < -0.3 is 14.9 Å². The van der Waals surface area contributed by atoms with E-state index < -0.39 is 0 Å². The third kappa shape index (κ3) is 2.61. The van der Waals surface area contributed by atoms with Gasteiger partial charge in [0.05, 0.1) is 0 Å². The van der Waals surface area contributed by atoms with Gasteiger partial charge in [0.25, 0.3) is 5.88 Å². The van der Waals surface area contributed by atoms with Gasteiger partial charge in [-0.1, -0.05) is 0 Å². The topological polar surface area (TPSA) is 75.4 Å². The minimum absolute atomic E-state index is 0.0845. The molecule has 0 aliphatic rings. The van der Waals surface area contributed by atoms with Crippen LogP contribution in [0.15, 0.2) is 10.6 Å². The van der Waals surface area contributed by atoms with Crippen molar-refractivity contribution < 1.29 is 14.4 Å². The van der Waals surface area contributed by atoms with Crippen LogP contribution in [0.3, 0.4) is 0 Å². The predicted molar refractivity (Wildman–Crippen MR) is 40.6 cm³/mol. The van der Waals surface area contributed by atoms with E-state index in [2.05, 4.69) is 10.5 Å². The lowest BCUT2D eigenvalue weighted by Crippen LogP contribution is -2.22. The van der Waals surface area contributed by atoms with Crippen LogP contribution in [0.4, 0.5) is 0 Å². The molecule has 0 unspecified atom stereocenters. The summed E-state index contributed by atoms with van der Waals surface area (Å²) in [5.74, 6) is 0.341. The van der Waals surface area contributed by atoms with Gasteiger partial charge in [-0.25, -0.2) is 0 Å². The number of carbonyl (C=O) groups excluding carboxylic acids is 1. The average Bonchev–Trinajstić information content (AvgIpc) is 2.35. The van der Waals surface area contributed by atoms with Crippen LogP contribution in [0, 0.1) is 0 Å². The van der Waals surface area contributed by atoms with Crippen LogP contribution in [-0.2, 0) is 11.2 Å². The van der Waals surface area contributed by atoms with E-state index in [0.29, 0.717) is 18.7 Å². The Morgan fingerprint density at radius 3 is 3.08 bits per heavy atom. The second kappa shape index (κ2) is 3.75. The number of nitrogens with one attached hydrogen (secondary N) is 1. The van der Waals surface area contributed by atoms with E-state index in [9.17, 15) is 4.79 Å². The molecular formula is C7H10N2O3. The Labute approximate surface area is 69.4 Å². The number of carbonyl (C=O) groups is 1. The Balaban J connectivity index is 2.29. The lowest BCUT2D eigenvalue weighted by Gasteiger charge is -1.96. The van der Waals surface area contributed by atoms with E-state index in [1.807, 2.05) is 0 Å². The maximum absolute atomic E-state index is 10.4. The third-order valence-electron chi connectivity index (χ3n) is 1.29. The molecule has 2 N–H and O–H groups in total. The van der Waals surface area contributed by atoms with E-state index in [4.69, 9.17) is 9.63 Å². The van der Waals surface area contributed by atoms with Crippen LogP contribution in [-0.4, -0.2) is 22.7 Å². The highest BCUT2D eigenvalue weighted by Crippen LogP contribution is 2.08. The van der Waals surface area contributed by atoms with Gasteiger partial charge in [0.15, 0.2) is 0 Å². The normalized spacial score (nSPS) is 9.75. The molecule has 0 saturated carbocycles. The molecule has 12 heavy (non-hydrogen) atoms. The summed E-state index contributed by atoms with van der Waals surface area (Å²) >= 11 is 0. The van der Waals surface area contributed by atoms with Crippen molar-refractivity contribution in [1.29, 1.82) is 0 Å². The van der Waals surface area contributed by atoms with Crippen molar-refractivity contribution in [3.63, 3.8) is 0 Å². The first-order valence-corrected chi connectivity index (χ1v) is 3.57. The van der Waals surface area contributed by atoms with Gasteiger partial charge in [-0.2, -0.15) is 0 Å². The molecule has 1 amide bonds. The first-order valence-electron chi connectivity index (χ1n) is 3.57. The van der Waals surface area contributed by atoms with Crippen LogP contribution in [0.1, 0.15) is 12.7 Å². The Morgan fingerprint density at radius 1 is 1.83 bits per heavy atom. The molecule has 0 atom stereocenters. The van der Waals surface area contributed by atoms with E-state index in [0.717, 1.165) is 0 Å². The molecule has 0 spiro atoms. The molecule has 1 heterocycles. The Kier molecular flexibility index (Phi) is 2.68. The van der Waals surface area contributed by atoms with Crippen molar-refractivity contribution in [2.24, 2.45) is 0 Å². The molecule has 0 radical (unpaired) electrons. The number of amides is 1. The summed E-state index contributed by atoms with van der Waals surface area (Å²) in [5.41, 5.74) is 0. The van der Waals surface area contributed by atoms with Gasteiger partial charge >= 0.3 is 0 Å². The van der Waals surface area contributed by atoms with Crippen LogP contribution in [0.2, 0.25) is 0 Å². The highest BCUT2D eigenvalue weighted by molar-refractivity contribution is 5.72. The Bertz CT molecular complexity index is 269. The van der Waals surface area contributed by atoms with Gasteiger partial charge in [0, 0.05) is 26.0 Å². The first kappa shape index (κ1) is 8.58. The second-order valence-electron chi connectivity index (χ2n) is 2.38. The summed E-state index contributed by atoms with van der Waals surface area (Å²) in [4.78, 5) is 10.4. The van der Waals surface area contributed by atoms with Crippen LogP contribution in [0.5, 0.6) is 5.88 Å². The molecule has 0 fully saturated rings. The van der Waals surface area contributed by atoms with Gasteiger partial charge in [0.1, 0.15) is 5.76 Å². The summed E-state index contributed by atoms with van der Waals surface area (Å²) in [6.45, 7) is 1.93. The molecule has 0 aromatic carbocycles. The third-order valence-corrected chi connectivity index (χ3v) is 1.29. The summed E-state index contributed by atoms with van der Waals surface area (Å²) < 4.78 is 4.69. The number of rotatable bonds is 3. The monoisotopic (exact) mass is 170 g/mol. The molecular weight excluding hydrogens is 160 g/mol. The lowest BCUT2D eigenvalue weighted by atomic mass is 10.3. The predicted octanol–water partition coefficient (Wildman–Crippen LogP) is 0.0588. The highest BCUT2D eigenvalue weighted by Gasteiger charge is 2.01. The Morgan fingerprint density at radius 2 is 2.58 bits per heavy atom. The molecule has 0 aliphatic heterocycles. The number of hydrogen-bond donors (Lipinski definition) is 2. The fraction of sp³-hybridized carbons (Fsp3) is 0.429. The van der Waals surface area contributed by atoms with Crippen molar-refractivity contribution in [3.05, 3.63) is 11.8 Å². The molecule has 0 saturated heterocycles. The van der Waals surface area contributed by atoms with Gasteiger partial charge in [-0.15, -0.1) is 0 Å². The molecule has 1 aromatic heterocycles. The van der Waals surface area contributed by atoms with Crippen molar-refractivity contribution >= 4 is 5.91 Å². The van der Waals surface area contributed by atoms with E-state index in [-0.39, 0.29) is 11.8 Å². The van der Waals surface area contributed by atoms with Crippen LogP contribution in [0.25, 0.3) is 0 Å². The Hall–Kier alpha value is -1.52. The van der Waals surface area contributed by atoms with Crippen molar-refractivity contribution in [2.45, 2.75) is 13.3 Å². The molecule has 0 bridgehead atoms. The van der Waals surface area contributed by atoms with Gasteiger partial charge in [-0.3, -0.25) is 4.79 Å². The molecule has 0 aliphatic carbocycles. The lowest BCUT2D eigenvalue weighted by molar-refractivity contribution is -0.118. The van der Waals surface area contributed by atoms with E-state index in [1.165, 1.54) is 13.0 Å². The fourth-order valence-corrected chi connectivity index (χ4v) is 0.782. The summed E-state index contributed by atoms with van der Waals surface area (Å²) in [7, 11) is 0. The maximum Gasteiger partial charge on any atom is 0.251 e. The smallest absolute Gasteiger partial charge is 0.251 e. The van der Waals surface area contributed by atoms with Crippen molar-refractivity contribution in [2.75, 3.05) is 6.54 Å². The minimum Gasteiger partial charge on any atom is -0.491 e. The summed E-state index contributed by atoms with van der Waals surface area (Å²) in [6, 6.07) is 1.42. The SMILES string of the molecule is CC(=O)NCCc1cc(O)no1. The summed E-state index contributed by atoms with van der Waals surface area (Å²) in [6.07, 6.45) is 0.535. The number of nitrogens with zero attached hydrogens (tertiary/aromatic N) is 1. The maximum atomic E-state index is 10.4. The van der Waals surface area contributed by atoms with E-state index in [1.54, 1.807) is 0 Å². The van der Waals surface area contributed by atoms with Crippen LogP contribution < -0.4 is 5.32 Å². The highest BCUT2D eigenvalue weighted by atomic mass is 16.5. The molecule has 66 valence electrons. The molecule has 1 aromatic rings. The molecule has 5 heteroatoms. The zero-order chi connectivity index (χ0) is 8.97. The number of aromatic hydroxyl groups is 1. The van der Waals surface area contributed by atoms with Crippen LogP contribution >= 0.6 is 0 Å². The second-order valence-corrected chi connectivity index (χ2v) is 2.38. The zero-order valence-corrected chi connectivity index (χ0v) is 6.70. The number of hydrogen-bond acceptors (Lipinski definition) is 4. The van der Waals surface area contributed by atoms with Crippen molar-refractivity contribution in [1.82, 2.24) is 10.5 Å². The summed E-state index contributed by atoms with van der Waals surface area (Å²) in [5, 5.41) is 14.6. The minimum atomic E-state index is -0.132. The number of aromatic nitrogens is 1. The first-order chi connectivity index (χ1) is 5.68.